The quantitative estimate of drug-likeness (QED) is 0.391. The maximum Gasteiger partial charge on any atom is 0.342 e. The maximum atomic E-state index is 12.6. The largest absolute Gasteiger partial charge is 0.493 e. The van der Waals surface area contributed by atoms with Crippen LogP contribution in [-0.4, -0.2) is 26.3 Å². The van der Waals surface area contributed by atoms with E-state index in [1.54, 1.807) is 6.07 Å². The minimum absolute atomic E-state index is 0.405. The zero-order chi connectivity index (χ0) is 19.6. The second-order valence-corrected chi connectivity index (χ2v) is 6.61. The zero-order valence-electron chi connectivity index (χ0n) is 16.8. The molecule has 0 N–H and O–H groups in total. The van der Waals surface area contributed by atoms with E-state index in [0.29, 0.717) is 30.3 Å². The lowest BCUT2D eigenvalue weighted by Gasteiger charge is -2.17. The van der Waals surface area contributed by atoms with E-state index in [0.717, 1.165) is 42.4 Å². The molecule has 146 valence electrons. The summed E-state index contributed by atoms with van der Waals surface area (Å²) < 4.78 is 16.9. The summed E-state index contributed by atoms with van der Waals surface area (Å²) in [6.07, 6.45) is 3.97. The van der Waals surface area contributed by atoms with Crippen LogP contribution < -0.4 is 9.47 Å². The Morgan fingerprint density at radius 3 is 2.15 bits per heavy atom. The summed E-state index contributed by atoms with van der Waals surface area (Å²) in [6.45, 7) is 7.45. The Morgan fingerprint density at radius 1 is 0.926 bits per heavy atom. The molecule has 0 radical (unpaired) electrons. The molecule has 0 spiro atoms. The van der Waals surface area contributed by atoms with E-state index in [1.165, 1.54) is 7.11 Å². The van der Waals surface area contributed by atoms with Gasteiger partial charge in [-0.2, -0.15) is 0 Å². The van der Waals surface area contributed by atoms with Gasteiger partial charge >= 0.3 is 5.97 Å². The average Bonchev–Trinajstić information content (AvgIpc) is 2.68. The summed E-state index contributed by atoms with van der Waals surface area (Å²) in [4.78, 5) is 12.6. The molecule has 0 bridgehead atoms. The molecule has 0 amide bonds. The van der Waals surface area contributed by atoms with Gasteiger partial charge in [-0.25, -0.2) is 4.79 Å². The van der Waals surface area contributed by atoms with E-state index < -0.39 is 5.97 Å². The van der Waals surface area contributed by atoms with E-state index in [9.17, 15) is 4.79 Å². The fraction of sp³-hybridized carbons (Fsp3) is 0.435. The monoisotopic (exact) mass is 370 g/mol. The van der Waals surface area contributed by atoms with Gasteiger partial charge in [0, 0.05) is 11.6 Å². The van der Waals surface area contributed by atoms with Gasteiger partial charge in [-0.1, -0.05) is 56.5 Å². The van der Waals surface area contributed by atoms with E-state index in [-0.39, 0.29) is 0 Å². The van der Waals surface area contributed by atoms with Crippen LogP contribution >= 0.6 is 0 Å². The van der Waals surface area contributed by atoms with Crippen LogP contribution in [0.4, 0.5) is 0 Å². The lowest BCUT2D eigenvalue weighted by Crippen LogP contribution is -2.10. The third kappa shape index (κ3) is 5.75. The Balaban J connectivity index is 2.53. The first-order valence-electron chi connectivity index (χ1n) is 9.69. The number of hydrogen-bond donors (Lipinski definition) is 0. The number of carbonyl (C=O) groups excluding carboxylic acids is 1. The molecule has 0 unspecified atom stereocenters. The molecular formula is C23H30O4. The number of esters is 1. The molecule has 0 aliphatic carbocycles. The van der Waals surface area contributed by atoms with E-state index >= 15 is 0 Å². The molecule has 0 aromatic heterocycles. The minimum atomic E-state index is -0.405. The molecule has 0 atom stereocenters. The first-order valence-corrected chi connectivity index (χ1v) is 9.69. The van der Waals surface area contributed by atoms with Gasteiger partial charge in [0.05, 0.1) is 20.3 Å². The van der Waals surface area contributed by atoms with Gasteiger partial charge < -0.3 is 14.2 Å². The summed E-state index contributed by atoms with van der Waals surface area (Å²) >= 11 is 0. The molecule has 0 saturated heterocycles. The van der Waals surface area contributed by atoms with Crippen LogP contribution in [0.25, 0.3) is 11.1 Å². The van der Waals surface area contributed by atoms with E-state index in [4.69, 9.17) is 14.2 Å². The van der Waals surface area contributed by atoms with Crippen molar-refractivity contribution in [1.82, 2.24) is 0 Å². The third-order valence-corrected chi connectivity index (χ3v) is 4.35. The van der Waals surface area contributed by atoms with E-state index in [1.807, 2.05) is 37.3 Å². The van der Waals surface area contributed by atoms with Crippen molar-refractivity contribution in [2.45, 2.75) is 46.5 Å². The highest BCUT2D eigenvalue weighted by atomic mass is 16.5. The highest BCUT2D eigenvalue weighted by molar-refractivity contribution is 6.00. The standard InChI is InChI=1S/C23H30O4/c1-5-7-13-26-19-15-20(18-11-9-17(3)10-12-18)22(23(24)25-4)21(16-19)27-14-8-6-2/h9-12,15-16H,5-8,13-14H2,1-4H3. The fourth-order valence-electron chi connectivity index (χ4n) is 2.72. The number of hydrogen-bond acceptors (Lipinski definition) is 4. The zero-order valence-corrected chi connectivity index (χ0v) is 16.8. The first-order chi connectivity index (χ1) is 13.1. The summed E-state index contributed by atoms with van der Waals surface area (Å²) in [5.41, 5.74) is 3.30. The van der Waals surface area contributed by atoms with Crippen molar-refractivity contribution in [1.29, 1.82) is 0 Å². The summed E-state index contributed by atoms with van der Waals surface area (Å²) in [7, 11) is 1.39. The molecule has 0 aliphatic rings. The SMILES string of the molecule is CCCCOc1cc(OCCCC)c(C(=O)OC)c(-c2ccc(C)cc2)c1. The highest BCUT2D eigenvalue weighted by Gasteiger charge is 2.22. The lowest BCUT2D eigenvalue weighted by atomic mass is 9.97. The van der Waals surface area contributed by atoms with Crippen molar-refractivity contribution < 1.29 is 19.0 Å². The van der Waals surface area contributed by atoms with Gasteiger partial charge in [-0.05, 0) is 31.4 Å². The Kier molecular flexibility index (Phi) is 8.18. The molecular weight excluding hydrogens is 340 g/mol. The highest BCUT2D eigenvalue weighted by Crippen LogP contribution is 2.36. The van der Waals surface area contributed by atoms with Crippen molar-refractivity contribution in [3.63, 3.8) is 0 Å². The Morgan fingerprint density at radius 2 is 1.56 bits per heavy atom. The molecule has 2 rings (SSSR count). The van der Waals surface area contributed by atoms with E-state index in [2.05, 4.69) is 13.8 Å². The van der Waals surface area contributed by atoms with Crippen molar-refractivity contribution in [2.24, 2.45) is 0 Å². The van der Waals surface area contributed by atoms with Crippen LogP contribution in [0.2, 0.25) is 0 Å². The maximum absolute atomic E-state index is 12.6. The summed E-state index contributed by atoms with van der Waals surface area (Å²) in [5, 5.41) is 0. The lowest BCUT2D eigenvalue weighted by molar-refractivity contribution is 0.0597. The minimum Gasteiger partial charge on any atom is -0.493 e. The predicted octanol–water partition coefficient (Wildman–Crippen LogP) is 5.81. The smallest absolute Gasteiger partial charge is 0.342 e. The Hall–Kier alpha value is -2.49. The van der Waals surface area contributed by atoms with Crippen LogP contribution in [0, 0.1) is 6.92 Å². The number of carbonyl (C=O) groups is 1. The molecule has 27 heavy (non-hydrogen) atoms. The topological polar surface area (TPSA) is 44.8 Å². The predicted molar refractivity (Wildman–Crippen MR) is 109 cm³/mol. The number of rotatable bonds is 10. The molecule has 0 saturated carbocycles. The third-order valence-electron chi connectivity index (χ3n) is 4.35. The van der Waals surface area contributed by atoms with Crippen molar-refractivity contribution in [2.75, 3.05) is 20.3 Å². The number of aryl methyl sites for hydroxylation is 1. The second kappa shape index (κ2) is 10.6. The summed E-state index contributed by atoms with van der Waals surface area (Å²) in [5.74, 6) is 0.815. The van der Waals surface area contributed by atoms with Crippen LogP contribution in [-0.2, 0) is 4.74 Å². The molecule has 0 heterocycles. The van der Waals surface area contributed by atoms with Gasteiger partial charge in [-0.3, -0.25) is 0 Å². The van der Waals surface area contributed by atoms with Crippen molar-refractivity contribution >= 4 is 5.97 Å². The molecule has 0 fully saturated rings. The molecule has 2 aromatic rings. The summed E-state index contributed by atoms with van der Waals surface area (Å²) in [6, 6.07) is 11.8. The Bertz CT molecular complexity index is 735. The van der Waals surface area contributed by atoms with Crippen LogP contribution in [0.5, 0.6) is 11.5 Å². The molecule has 2 aromatic carbocycles. The van der Waals surface area contributed by atoms with Gasteiger partial charge in [0.2, 0.25) is 0 Å². The molecule has 4 nitrogen and oxygen atoms in total. The first kappa shape index (κ1) is 20.8. The van der Waals surface area contributed by atoms with Gasteiger partial charge in [-0.15, -0.1) is 0 Å². The average molecular weight is 370 g/mol. The van der Waals surface area contributed by atoms with Crippen LogP contribution in [0.15, 0.2) is 36.4 Å². The number of ether oxygens (including phenoxy) is 3. The fourth-order valence-corrected chi connectivity index (χ4v) is 2.72. The number of benzene rings is 2. The van der Waals surface area contributed by atoms with Gasteiger partial charge in [0.15, 0.2) is 0 Å². The van der Waals surface area contributed by atoms with Crippen molar-refractivity contribution in [3.8, 4) is 22.6 Å². The Labute approximate surface area is 162 Å². The van der Waals surface area contributed by atoms with Crippen LogP contribution in [0.3, 0.4) is 0 Å². The molecule has 4 heteroatoms. The number of unbranched alkanes of at least 4 members (excludes halogenated alkanes) is 2. The van der Waals surface area contributed by atoms with Gasteiger partial charge in [0.1, 0.15) is 17.1 Å². The van der Waals surface area contributed by atoms with Gasteiger partial charge in [0.25, 0.3) is 0 Å². The second-order valence-electron chi connectivity index (χ2n) is 6.61. The molecule has 0 aliphatic heterocycles. The van der Waals surface area contributed by atoms with Crippen LogP contribution in [0.1, 0.15) is 55.5 Å². The normalized spacial score (nSPS) is 10.5. The number of methoxy groups -OCH3 is 1. The van der Waals surface area contributed by atoms with Crippen molar-refractivity contribution in [3.05, 3.63) is 47.5 Å².